The summed E-state index contributed by atoms with van der Waals surface area (Å²) in [5, 5.41) is 2.73. The smallest absolute Gasteiger partial charge is 0.267 e. The summed E-state index contributed by atoms with van der Waals surface area (Å²) in [4.78, 5) is 25.2. The minimum Gasteiger partial charge on any atom is -0.382 e. The molecule has 8 heteroatoms. The second-order valence-corrected chi connectivity index (χ2v) is 6.22. The molecule has 2 N–H and O–H groups in total. The van der Waals surface area contributed by atoms with E-state index in [9.17, 15) is 4.79 Å². The molecule has 2 heterocycles. The Balaban J connectivity index is 2.15. The third kappa shape index (κ3) is 3.51. The zero-order chi connectivity index (χ0) is 15.4. The lowest BCUT2D eigenvalue weighted by molar-refractivity contribution is 0.0789. The van der Waals surface area contributed by atoms with E-state index in [-0.39, 0.29) is 5.91 Å². The highest BCUT2D eigenvalue weighted by molar-refractivity contribution is 7.18. The summed E-state index contributed by atoms with van der Waals surface area (Å²) >= 11 is 2.86. The summed E-state index contributed by atoms with van der Waals surface area (Å²) in [6, 6.07) is 0. The number of hydrogen-bond donors (Lipinski definition) is 1. The van der Waals surface area contributed by atoms with Crippen LogP contribution in [0.5, 0.6) is 0 Å². The Bertz CT molecular complexity index is 592. The standard InChI is InChI=1S/C13H19N5OS2/c1-4-18(5-2)13-16-11(14)10(21-13)12(19)17(3)6-9-7-20-8-15-9/h7-8H,4-6,14H2,1-3H3. The van der Waals surface area contributed by atoms with Crippen molar-refractivity contribution in [1.29, 1.82) is 0 Å². The number of rotatable bonds is 6. The molecule has 21 heavy (non-hydrogen) atoms. The van der Waals surface area contributed by atoms with E-state index in [1.165, 1.54) is 22.7 Å². The molecule has 0 saturated carbocycles. The molecule has 114 valence electrons. The molecule has 2 rings (SSSR count). The molecule has 0 spiro atoms. The SMILES string of the molecule is CCN(CC)c1nc(N)c(C(=O)N(C)Cc2cscn2)s1. The van der Waals surface area contributed by atoms with E-state index in [4.69, 9.17) is 5.73 Å². The average molecular weight is 325 g/mol. The third-order valence-corrected chi connectivity index (χ3v) is 4.85. The van der Waals surface area contributed by atoms with E-state index in [1.807, 2.05) is 5.38 Å². The van der Waals surface area contributed by atoms with Crippen LogP contribution in [0.15, 0.2) is 10.9 Å². The first-order valence-corrected chi connectivity index (χ1v) is 8.46. The molecule has 0 unspecified atom stereocenters. The molecule has 2 aromatic heterocycles. The third-order valence-electron chi connectivity index (χ3n) is 3.10. The number of carbonyl (C=O) groups excluding carboxylic acids is 1. The number of anilines is 2. The van der Waals surface area contributed by atoms with E-state index in [2.05, 4.69) is 28.7 Å². The summed E-state index contributed by atoms with van der Waals surface area (Å²) in [5.74, 6) is 0.188. The topological polar surface area (TPSA) is 75.4 Å². The fourth-order valence-corrected chi connectivity index (χ4v) is 3.56. The predicted octanol–water partition coefficient (Wildman–Crippen LogP) is 2.30. The molecule has 0 fully saturated rings. The fourth-order valence-electron chi connectivity index (χ4n) is 1.91. The molecule has 1 amide bonds. The molecule has 0 aliphatic heterocycles. The van der Waals surface area contributed by atoms with Crippen LogP contribution in [0, 0.1) is 0 Å². The number of nitrogen functional groups attached to an aromatic ring is 1. The fraction of sp³-hybridized carbons (Fsp3) is 0.462. The van der Waals surface area contributed by atoms with Crippen molar-refractivity contribution in [3.05, 3.63) is 21.5 Å². The van der Waals surface area contributed by atoms with E-state index in [0.29, 0.717) is 17.2 Å². The number of nitrogens with zero attached hydrogens (tertiary/aromatic N) is 4. The van der Waals surface area contributed by atoms with Crippen LogP contribution in [0.25, 0.3) is 0 Å². The van der Waals surface area contributed by atoms with Gasteiger partial charge in [0.15, 0.2) is 5.13 Å². The highest BCUT2D eigenvalue weighted by atomic mass is 32.1. The van der Waals surface area contributed by atoms with Crippen LogP contribution in [0.3, 0.4) is 0 Å². The first-order valence-electron chi connectivity index (χ1n) is 6.70. The molecule has 0 aliphatic carbocycles. The first-order chi connectivity index (χ1) is 10.1. The van der Waals surface area contributed by atoms with Gasteiger partial charge >= 0.3 is 0 Å². The van der Waals surface area contributed by atoms with Gasteiger partial charge in [-0.1, -0.05) is 11.3 Å². The van der Waals surface area contributed by atoms with Gasteiger partial charge in [0.2, 0.25) is 0 Å². The maximum Gasteiger partial charge on any atom is 0.267 e. The van der Waals surface area contributed by atoms with Gasteiger partial charge < -0.3 is 15.5 Å². The number of thiazole rings is 2. The molecule has 2 aromatic rings. The lowest BCUT2D eigenvalue weighted by atomic mass is 10.4. The Morgan fingerprint density at radius 1 is 1.38 bits per heavy atom. The molecule has 0 saturated heterocycles. The van der Waals surface area contributed by atoms with Crippen molar-refractivity contribution >= 4 is 39.5 Å². The molecule has 0 radical (unpaired) electrons. The van der Waals surface area contributed by atoms with E-state index in [0.717, 1.165) is 23.9 Å². The minimum atomic E-state index is -0.114. The van der Waals surface area contributed by atoms with Crippen molar-refractivity contribution in [2.75, 3.05) is 30.8 Å². The maximum atomic E-state index is 12.5. The number of hydrogen-bond acceptors (Lipinski definition) is 7. The Hall–Kier alpha value is -1.67. The first kappa shape index (κ1) is 15.7. The molecule has 0 bridgehead atoms. The number of amides is 1. The van der Waals surface area contributed by atoms with Crippen LogP contribution in [0.1, 0.15) is 29.2 Å². The Labute approximate surface area is 132 Å². The van der Waals surface area contributed by atoms with Gasteiger partial charge in [0.05, 0.1) is 17.7 Å². The van der Waals surface area contributed by atoms with Crippen molar-refractivity contribution in [2.24, 2.45) is 0 Å². The summed E-state index contributed by atoms with van der Waals surface area (Å²) < 4.78 is 0. The van der Waals surface area contributed by atoms with Gasteiger partial charge in [0.25, 0.3) is 5.91 Å². The van der Waals surface area contributed by atoms with Gasteiger partial charge in [-0.25, -0.2) is 9.97 Å². The number of nitrogens with two attached hydrogens (primary N) is 1. The number of aromatic nitrogens is 2. The van der Waals surface area contributed by atoms with Crippen molar-refractivity contribution in [3.8, 4) is 0 Å². The van der Waals surface area contributed by atoms with Gasteiger partial charge in [0.1, 0.15) is 10.7 Å². The summed E-state index contributed by atoms with van der Waals surface area (Å²) in [7, 11) is 1.75. The molecule has 0 aromatic carbocycles. The summed E-state index contributed by atoms with van der Waals surface area (Å²) in [6.07, 6.45) is 0. The summed E-state index contributed by atoms with van der Waals surface area (Å²) in [5.41, 5.74) is 8.55. The number of carbonyl (C=O) groups is 1. The zero-order valence-corrected chi connectivity index (χ0v) is 14.0. The van der Waals surface area contributed by atoms with Crippen LogP contribution >= 0.6 is 22.7 Å². The normalized spacial score (nSPS) is 10.6. The van der Waals surface area contributed by atoms with Crippen molar-refractivity contribution in [2.45, 2.75) is 20.4 Å². The maximum absolute atomic E-state index is 12.5. The molecule has 0 aliphatic rings. The minimum absolute atomic E-state index is 0.114. The molecular weight excluding hydrogens is 306 g/mol. The predicted molar refractivity (Wildman–Crippen MR) is 88.0 cm³/mol. The van der Waals surface area contributed by atoms with E-state index >= 15 is 0 Å². The van der Waals surface area contributed by atoms with Gasteiger partial charge in [-0.15, -0.1) is 11.3 Å². The van der Waals surface area contributed by atoms with Crippen LogP contribution in [-0.2, 0) is 6.54 Å². The van der Waals surface area contributed by atoms with Gasteiger partial charge in [-0.3, -0.25) is 4.79 Å². The Morgan fingerprint density at radius 2 is 2.10 bits per heavy atom. The van der Waals surface area contributed by atoms with Crippen LogP contribution in [0.2, 0.25) is 0 Å². The highest BCUT2D eigenvalue weighted by Gasteiger charge is 2.21. The zero-order valence-electron chi connectivity index (χ0n) is 12.4. The lowest BCUT2D eigenvalue weighted by Crippen LogP contribution is -2.26. The van der Waals surface area contributed by atoms with Gasteiger partial charge in [0, 0.05) is 25.5 Å². The largest absolute Gasteiger partial charge is 0.382 e. The monoisotopic (exact) mass is 325 g/mol. The van der Waals surface area contributed by atoms with E-state index in [1.54, 1.807) is 17.5 Å². The molecule has 6 nitrogen and oxygen atoms in total. The Kier molecular flexibility index (Phi) is 5.13. The second kappa shape index (κ2) is 6.86. The molecule has 0 atom stereocenters. The highest BCUT2D eigenvalue weighted by Crippen LogP contribution is 2.29. The van der Waals surface area contributed by atoms with Crippen molar-refractivity contribution in [1.82, 2.24) is 14.9 Å². The van der Waals surface area contributed by atoms with Gasteiger partial charge in [-0.05, 0) is 13.8 Å². The van der Waals surface area contributed by atoms with Gasteiger partial charge in [-0.2, -0.15) is 0 Å². The molecular formula is C13H19N5OS2. The second-order valence-electron chi connectivity index (χ2n) is 4.52. The van der Waals surface area contributed by atoms with Crippen LogP contribution in [-0.4, -0.2) is 40.9 Å². The van der Waals surface area contributed by atoms with Crippen LogP contribution < -0.4 is 10.6 Å². The van der Waals surface area contributed by atoms with Crippen LogP contribution in [0.4, 0.5) is 10.9 Å². The average Bonchev–Trinajstić information content (AvgIpc) is 3.09. The lowest BCUT2D eigenvalue weighted by Gasteiger charge is -2.16. The quantitative estimate of drug-likeness (QED) is 0.882. The van der Waals surface area contributed by atoms with E-state index < -0.39 is 0 Å². The van der Waals surface area contributed by atoms with Crippen molar-refractivity contribution in [3.63, 3.8) is 0 Å². The summed E-state index contributed by atoms with van der Waals surface area (Å²) in [6.45, 7) is 6.26. The Morgan fingerprint density at radius 3 is 2.67 bits per heavy atom. The van der Waals surface area contributed by atoms with Crippen molar-refractivity contribution < 1.29 is 4.79 Å².